The lowest BCUT2D eigenvalue weighted by molar-refractivity contribution is -0.126. The van der Waals surface area contributed by atoms with E-state index >= 15 is 8.78 Å². The third kappa shape index (κ3) is 4.25. The van der Waals surface area contributed by atoms with Gasteiger partial charge in [0.15, 0.2) is 17.2 Å². The van der Waals surface area contributed by atoms with Crippen LogP contribution in [-0.2, 0) is 10.2 Å². The fourth-order valence-electron chi connectivity index (χ4n) is 5.59. The van der Waals surface area contributed by atoms with Crippen LogP contribution in [0.4, 0.5) is 14.6 Å². The van der Waals surface area contributed by atoms with E-state index in [-0.39, 0.29) is 48.2 Å². The van der Waals surface area contributed by atoms with E-state index in [1.165, 1.54) is 22.8 Å². The van der Waals surface area contributed by atoms with E-state index in [9.17, 15) is 14.7 Å². The van der Waals surface area contributed by atoms with E-state index in [1.807, 2.05) is 25.7 Å². The van der Waals surface area contributed by atoms with Crippen molar-refractivity contribution >= 4 is 22.8 Å². The second-order valence-corrected chi connectivity index (χ2v) is 11.3. The lowest BCUT2D eigenvalue weighted by Crippen LogP contribution is -2.56. The molecule has 4 aromatic rings. The van der Waals surface area contributed by atoms with Crippen LogP contribution in [0.15, 0.2) is 54.0 Å². The number of rotatable bonds is 3. The molecule has 42 heavy (non-hydrogen) atoms. The number of anilines is 1. The van der Waals surface area contributed by atoms with Crippen molar-refractivity contribution in [3.8, 4) is 28.4 Å². The first-order valence-corrected chi connectivity index (χ1v) is 13.4. The Labute approximate surface area is 239 Å². The molecule has 0 radical (unpaired) electrons. The Morgan fingerprint density at radius 1 is 1.17 bits per heavy atom. The molecular weight excluding hydrogens is 546 g/mol. The lowest BCUT2D eigenvalue weighted by Gasteiger charge is -2.40. The summed E-state index contributed by atoms with van der Waals surface area (Å²) in [6.07, 6.45) is 2.82. The molecule has 0 bridgehead atoms. The Hall–Kier alpha value is -4.87. The first-order chi connectivity index (χ1) is 20.0. The van der Waals surface area contributed by atoms with Gasteiger partial charge in [0.05, 0.1) is 23.0 Å². The molecule has 1 aromatic carbocycles. The summed E-state index contributed by atoms with van der Waals surface area (Å²) in [6.45, 7) is 10.1. The minimum absolute atomic E-state index is 0.0391. The predicted octanol–water partition coefficient (Wildman–Crippen LogP) is 3.72. The highest BCUT2D eigenvalue weighted by Crippen LogP contribution is 2.44. The molecule has 6 rings (SSSR count). The first kappa shape index (κ1) is 27.3. The molecule has 1 fully saturated rings. The summed E-state index contributed by atoms with van der Waals surface area (Å²) in [5, 5.41) is 10.7. The van der Waals surface area contributed by atoms with E-state index in [2.05, 4.69) is 21.5 Å². The van der Waals surface area contributed by atoms with Crippen molar-refractivity contribution in [2.45, 2.75) is 32.2 Å². The molecule has 0 unspecified atom stereocenters. The molecular formula is C30H28F2N6O4. The lowest BCUT2D eigenvalue weighted by atomic mass is 9.90. The van der Waals surface area contributed by atoms with Crippen LogP contribution >= 0.6 is 0 Å². The number of carbonyl (C=O) groups excluding carboxylic acids is 1. The SMILES string of the molecule is C=CC(=O)N1CCN2c3nc(=O)n(-c4cccnc4C(C)(C)C)c4nc(-c5c(O)cccc5F)c(F)c(c34)OC[C@H]2C1. The zero-order chi connectivity index (χ0) is 29.9. The Morgan fingerprint density at radius 2 is 1.95 bits per heavy atom. The van der Waals surface area contributed by atoms with E-state index in [4.69, 9.17) is 4.74 Å². The molecule has 1 saturated heterocycles. The van der Waals surface area contributed by atoms with Crippen molar-refractivity contribution in [1.82, 2.24) is 24.4 Å². The van der Waals surface area contributed by atoms with E-state index in [1.54, 1.807) is 23.2 Å². The molecule has 0 spiro atoms. The number of benzene rings is 1. The van der Waals surface area contributed by atoms with Gasteiger partial charge >= 0.3 is 5.69 Å². The number of carbonyl (C=O) groups is 1. The average Bonchev–Trinajstić information content (AvgIpc) is 3.11. The van der Waals surface area contributed by atoms with Gasteiger partial charge in [-0.3, -0.25) is 9.78 Å². The van der Waals surface area contributed by atoms with E-state index in [0.717, 1.165) is 6.07 Å². The normalized spacial score (nSPS) is 16.5. The average molecular weight is 575 g/mol. The number of piperazine rings is 1. The minimum atomic E-state index is -1.02. The van der Waals surface area contributed by atoms with Crippen LogP contribution < -0.4 is 15.3 Å². The number of aromatic hydroxyl groups is 1. The highest BCUT2D eigenvalue weighted by molar-refractivity contribution is 5.97. The van der Waals surface area contributed by atoms with Gasteiger partial charge in [0.25, 0.3) is 0 Å². The number of hydrogen-bond donors (Lipinski definition) is 1. The number of pyridine rings is 2. The molecule has 216 valence electrons. The van der Waals surface area contributed by atoms with Crippen molar-refractivity contribution < 1.29 is 23.4 Å². The smallest absolute Gasteiger partial charge is 0.355 e. The molecule has 5 heterocycles. The van der Waals surface area contributed by atoms with Gasteiger partial charge < -0.3 is 19.6 Å². The second-order valence-electron chi connectivity index (χ2n) is 11.3. The fraction of sp³-hybridized carbons (Fsp3) is 0.300. The van der Waals surface area contributed by atoms with Gasteiger partial charge in [0.1, 0.15) is 35.1 Å². The fourth-order valence-corrected chi connectivity index (χ4v) is 5.59. The van der Waals surface area contributed by atoms with Gasteiger partial charge in [-0.05, 0) is 30.3 Å². The van der Waals surface area contributed by atoms with E-state index in [0.29, 0.717) is 17.9 Å². The maximum absolute atomic E-state index is 16.4. The number of aromatic nitrogens is 4. The summed E-state index contributed by atoms with van der Waals surface area (Å²) in [5.74, 6) is -2.86. The molecule has 2 aliphatic heterocycles. The van der Waals surface area contributed by atoms with Crippen molar-refractivity contribution in [3.63, 3.8) is 0 Å². The van der Waals surface area contributed by atoms with Crippen molar-refractivity contribution in [2.24, 2.45) is 0 Å². The van der Waals surface area contributed by atoms with Crippen LogP contribution in [0, 0.1) is 11.6 Å². The zero-order valence-corrected chi connectivity index (χ0v) is 23.3. The summed E-state index contributed by atoms with van der Waals surface area (Å²) in [4.78, 5) is 43.1. The number of amides is 1. The van der Waals surface area contributed by atoms with Crippen LogP contribution in [0.25, 0.3) is 28.0 Å². The molecule has 3 aromatic heterocycles. The van der Waals surface area contributed by atoms with Gasteiger partial charge in [-0.25, -0.2) is 23.1 Å². The third-order valence-electron chi connectivity index (χ3n) is 7.53. The number of phenolic OH excluding ortho intramolecular Hbond substituents is 1. The van der Waals surface area contributed by atoms with Crippen LogP contribution in [0.2, 0.25) is 0 Å². The predicted molar refractivity (Wildman–Crippen MR) is 152 cm³/mol. The molecule has 2 aliphatic rings. The van der Waals surface area contributed by atoms with Gasteiger partial charge in [-0.15, -0.1) is 0 Å². The topological polar surface area (TPSA) is 114 Å². The molecule has 0 saturated carbocycles. The van der Waals surface area contributed by atoms with Crippen LogP contribution in [-0.4, -0.2) is 67.7 Å². The molecule has 10 nitrogen and oxygen atoms in total. The Bertz CT molecular complexity index is 1810. The quantitative estimate of drug-likeness (QED) is 0.369. The summed E-state index contributed by atoms with van der Waals surface area (Å²) in [5.41, 5.74) is -1.34. The van der Waals surface area contributed by atoms with Gasteiger partial charge in [-0.2, -0.15) is 4.98 Å². The monoisotopic (exact) mass is 574 g/mol. The van der Waals surface area contributed by atoms with Crippen LogP contribution in [0.1, 0.15) is 26.5 Å². The third-order valence-corrected chi connectivity index (χ3v) is 7.53. The number of phenols is 1. The van der Waals surface area contributed by atoms with Crippen LogP contribution in [0.5, 0.6) is 11.5 Å². The standard InChI is InChI=1S/C30H28F2N6O4/c1-5-20(40)36-12-13-37-16(14-36)15-42-25-22-27(37)35-29(41)38(18-9-7-11-33-26(18)30(2,3)4)28(22)34-24(23(25)32)21-17(31)8-6-10-19(21)39/h5-11,16,39H,1,12-15H2,2-4H3/t16-/m1/s1. The zero-order valence-electron chi connectivity index (χ0n) is 23.3. The minimum Gasteiger partial charge on any atom is -0.507 e. The maximum Gasteiger partial charge on any atom is 0.355 e. The summed E-state index contributed by atoms with van der Waals surface area (Å²) in [6, 6.07) is 6.45. The Kier molecular flexibility index (Phi) is 6.43. The number of hydrogen-bond acceptors (Lipinski definition) is 8. The molecule has 1 atom stereocenters. The number of nitrogens with zero attached hydrogens (tertiary/aromatic N) is 6. The van der Waals surface area contributed by atoms with Gasteiger partial charge in [0.2, 0.25) is 5.91 Å². The first-order valence-electron chi connectivity index (χ1n) is 13.4. The number of halogens is 2. The molecule has 0 aliphatic carbocycles. The van der Waals surface area contributed by atoms with Crippen molar-refractivity contribution in [1.29, 1.82) is 0 Å². The largest absolute Gasteiger partial charge is 0.507 e. The molecule has 12 heteroatoms. The second kappa shape index (κ2) is 9.89. The maximum atomic E-state index is 16.4. The summed E-state index contributed by atoms with van der Waals surface area (Å²) in [7, 11) is 0. The molecule has 1 N–H and O–H groups in total. The highest BCUT2D eigenvalue weighted by atomic mass is 19.1. The summed E-state index contributed by atoms with van der Waals surface area (Å²) >= 11 is 0. The van der Waals surface area contributed by atoms with Crippen molar-refractivity contribution in [3.05, 3.63) is 77.0 Å². The van der Waals surface area contributed by atoms with Gasteiger partial charge in [-0.1, -0.05) is 33.4 Å². The molecule has 1 amide bonds. The van der Waals surface area contributed by atoms with Crippen LogP contribution in [0.3, 0.4) is 0 Å². The highest BCUT2D eigenvalue weighted by Gasteiger charge is 2.38. The number of fused-ring (bicyclic) bond motifs is 2. The van der Waals surface area contributed by atoms with Gasteiger partial charge in [0, 0.05) is 31.2 Å². The Balaban J connectivity index is 1.70. The summed E-state index contributed by atoms with van der Waals surface area (Å²) < 4.78 is 38.8. The van der Waals surface area contributed by atoms with E-state index < -0.39 is 45.8 Å². The number of ether oxygens (including phenoxy) is 1. The Morgan fingerprint density at radius 3 is 2.67 bits per heavy atom. The van der Waals surface area contributed by atoms with Crippen molar-refractivity contribution in [2.75, 3.05) is 31.1 Å².